The summed E-state index contributed by atoms with van der Waals surface area (Å²) in [7, 11) is 0. The predicted molar refractivity (Wildman–Crippen MR) is 80.0 cm³/mol. The fourth-order valence-corrected chi connectivity index (χ4v) is 5.48. The maximum absolute atomic E-state index is 12.4. The van der Waals surface area contributed by atoms with Crippen LogP contribution < -0.4 is 5.32 Å². The highest BCUT2D eigenvalue weighted by Gasteiger charge is 2.55. The molecule has 114 valence electrons. The topological polar surface area (TPSA) is 46.2 Å². The molecule has 1 atom stereocenters. The summed E-state index contributed by atoms with van der Waals surface area (Å²) in [4.78, 5) is 24.3. The van der Waals surface area contributed by atoms with E-state index in [1.54, 1.807) is 0 Å². The summed E-state index contributed by atoms with van der Waals surface area (Å²) in [6, 6.07) is 0. The maximum atomic E-state index is 12.4. The van der Waals surface area contributed by atoms with Gasteiger partial charge in [0.05, 0.1) is 0 Å². The van der Waals surface area contributed by atoms with Crippen LogP contribution in [0.5, 0.6) is 0 Å². The number of rotatable bonds is 2. The predicted octanol–water partition coefficient (Wildman–Crippen LogP) is 3.67. The van der Waals surface area contributed by atoms with Gasteiger partial charge in [0.1, 0.15) is 0 Å². The van der Waals surface area contributed by atoms with E-state index in [2.05, 4.69) is 39.9 Å². The molecule has 3 heteroatoms. The van der Waals surface area contributed by atoms with E-state index in [1.165, 1.54) is 0 Å². The molecule has 1 N–H and O–H groups in total. The molecule has 1 heterocycles. The molecule has 1 aliphatic heterocycles. The molecule has 0 aromatic rings. The zero-order valence-corrected chi connectivity index (χ0v) is 13.6. The average molecular weight is 279 g/mol. The standard InChI is InChI=1S/C17H29NO2/c1-6-7-12-14(20)18-13(19)8-17(12)10-15(2,3)9-16(4,5)11-17/h12H,6-11H2,1-5H3,(H,18,19,20). The minimum atomic E-state index is -0.124. The molecular weight excluding hydrogens is 250 g/mol. The molecular formula is C17H29NO2. The van der Waals surface area contributed by atoms with Crippen molar-refractivity contribution in [3.8, 4) is 0 Å². The molecule has 1 saturated carbocycles. The van der Waals surface area contributed by atoms with Crippen molar-refractivity contribution in [2.24, 2.45) is 22.2 Å². The van der Waals surface area contributed by atoms with Gasteiger partial charge in [0.2, 0.25) is 11.8 Å². The van der Waals surface area contributed by atoms with Crippen LogP contribution >= 0.6 is 0 Å². The molecule has 0 radical (unpaired) electrons. The van der Waals surface area contributed by atoms with Gasteiger partial charge >= 0.3 is 0 Å². The van der Waals surface area contributed by atoms with E-state index in [1.807, 2.05) is 0 Å². The summed E-state index contributed by atoms with van der Waals surface area (Å²) in [6.45, 7) is 11.3. The molecule has 2 aliphatic rings. The fraction of sp³-hybridized carbons (Fsp3) is 0.882. The molecule has 2 rings (SSSR count). The van der Waals surface area contributed by atoms with E-state index in [4.69, 9.17) is 0 Å². The summed E-state index contributed by atoms with van der Waals surface area (Å²) >= 11 is 0. The first kappa shape index (κ1) is 15.5. The van der Waals surface area contributed by atoms with Crippen LogP contribution in [0.2, 0.25) is 0 Å². The van der Waals surface area contributed by atoms with Crippen LogP contribution in [-0.4, -0.2) is 11.8 Å². The molecule has 1 spiro atoms. The van der Waals surface area contributed by atoms with Gasteiger partial charge in [-0.25, -0.2) is 0 Å². The zero-order valence-electron chi connectivity index (χ0n) is 13.6. The lowest BCUT2D eigenvalue weighted by Gasteiger charge is -2.56. The molecule has 1 unspecified atom stereocenters. The molecule has 2 fully saturated rings. The lowest BCUT2D eigenvalue weighted by Crippen LogP contribution is -2.56. The molecule has 2 amide bonds. The summed E-state index contributed by atoms with van der Waals surface area (Å²) in [5.74, 6) is -0.100. The quantitative estimate of drug-likeness (QED) is 0.784. The normalized spacial score (nSPS) is 31.1. The highest BCUT2D eigenvalue weighted by molar-refractivity contribution is 5.99. The number of amides is 2. The number of carbonyl (C=O) groups excluding carboxylic acids is 2. The van der Waals surface area contributed by atoms with Crippen LogP contribution in [0.1, 0.15) is 73.1 Å². The van der Waals surface area contributed by atoms with Crippen molar-refractivity contribution in [3.63, 3.8) is 0 Å². The van der Waals surface area contributed by atoms with Gasteiger partial charge in [-0.15, -0.1) is 0 Å². The lowest BCUT2D eigenvalue weighted by atomic mass is 9.49. The van der Waals surface area contributed by atoms with Gasteiger partial charge in [-0.3, -0.25) is 14.9 Å². The smallest absolute Gasteiger partial charge is 0.230 e. The van der Waals surface area contributed by atoms with Crippen LogP contribution in [-0.2, 0) is 9.59 Å². The number of piperidine rings is 1. The Kier molecular flexibility index (Phi) is 3.77. The average Bonchev–Trinajstić information content (AvgIpc) is 2.18. The Bertz CT molecular complexity index is 407. The van der Waals surface area contributed by atoms with Crippen molar-refractivity contribution in [2.75, 3.05) is 0 Å². The van der Waals surface area contributed by atoms with E-state index in [-0.39, 0.29) is 34.0 Å². The largest absolute Gasteiger partial charge is 0.296 e. The highest BCUT2D eigenvalue weighted by atomic mass is 16.2. The van der Waals surface area contributed by atoms with Gasteiger partial charge in [0.25, 0.3) is 0 Å². The zero-order chi connectivity index (χ0) is 15.2. The summed E-state index contributed by atoms with van der Waals surface area (Å²) in [5.41, 5.74) is 0.276. The van der Waals surface area contributed by atoms with Crippen molar-refractivity contribution in [1.29, 1.82) is 0 Å². The Labute approximate surface area is 122 Å². The van der Waals surface area contributed by atoms with Crippen molar-refractivity contribution >= 4 is 11.8 Å². The highest BCUT2D eigenvalue weighted by Crippen LogP contribution is 2.60. The van der Waals surface area contributed by atoms with Gasteiger partial charge in [-0.2, -0.15) is 0 Å². The number of hydrogen-bond acceptors (Lipinski definition) is 2. The number of nitrogens with one attached hydrogen (secondary N) is 1. The van der Waals surface area contributed by atoms with Crippen molar-refractivity contribution in [3.05, 3.63) is 0 Å². The van der Waals surface area contributed by atoms with Gasteiger partial charge in [0.15, 0.2) is 0 Å². The Hall–Kier alpha value is -0.860. The van der Waals surface area contributed by atoms with E-state index in [0.717, 1.165) is 32.1 Å². The number of imide groups is 1. The van der Waals surface area contributed by atoms with E-state index < -0.39 is 0 Å². The third-order valence-electron chi connectivity index (χ3n) is 5.03. The molecule has 1 saturated heterocycles. The first-order valence-corrected chi connectivity index (χ1v) is 7.93. The first-order valence-electron chi connectivity index (χ1n) is 7.93. The van der Waals surface area contributed by atoms with Gasteiger partial charge in [0, 0.05) is 12.3 Å². The van der Waals surface area contributed by atoms with Crippen molar-refractivity contribution < 1.29 is 9.59 Å². The molecule has 1 aliphatic carbocycles. The van der Waals surface area contributed by atoms with E-state index >= 15 is 0 Å². The SMILES string of the molecule is CCCC1C(=O)NC(=O)CC12CC(C)(C)CC(C)(C)C2. The van der Waals surface area contributed by atoms with Crippen LogP contribution in [0.4, 0.5) is 0 Å². The van der Waals surface area contributed by atoms with Crippen LogP contribution in [0.3, 0.4) is 0 Å². The molecule has 0 aromatic carbocycles. The minimum Gasteiger partial charge on any atom is -0.296 e. The molecule has 3 nitrogen and oxygen atoms in total. The van der Waals surface area contributed by atoms with Crippen LogP contribution in [0.15, 0.2) is 0 Å². The number of carbonyl (C=O) groups is 2. The number of hydrogen-bond donors (Lipinski definition) is 1. The third kappa shape index (κ3) is 2.91. The van der Waals surface area contributed by atoms with Gasteiger partial charge in [-0.05, 0) is 41.9 Å². The maximum Gasteiger partial charge on any atom is 0.230 e. The van der Waals surface area contributed by atoms with Gasteiger partial charge in [-0.1, -0.05) is 41.0 Å². The van der Waals surface area contributed by atoms with Gasteiger partial charge < -0.3 is 0 Å². The Balaban J connectivity index is 2.41. The molecule has 20 heavy (non-hydrogen) atoms. The van der Waals surface area contributed by atoms with Crippen LogP contribution in [0.25, 0.3) is 0 Å². The Morgan fingerprint density at radius 3 is 2.10 bits per heavy atom. The second-order valence-electron chi connectivity index (χ2n) is 8.65. The second-order valence-corrected chi connectivity index (χ2v) is 8.65. The van der Waals surface area contributed by atoms with E-state index in [0.29, 0.717) is 6.42 Å². The third-order valence-corrected chi connectivity index (χ3v) is 5.03. The fourth-order valence-electron chi connectivity index (χ4n) is 5.48. The summed E-state index contributed by atoms with van der Waals surface area (Å²) < 4.78 is 0. The van der Waals surface area contributed by atoms with Crippen molar-refractivity contribution in [2.45, 2.75) is 73.1 Å². The summed E-state index contributed by atoms with van der Waals surface area (Å²) in [5, 5.41) is 2.56. The molecule has 0 aromatic heterocycles. The van der Waals surface area contributed by atoms with Crippen molar-refractivity contribution in [1.82, 2.24) is 5.32 Å². The minimum absolute atomic E-state index is 0.00375. The first-order chi connectivity index (χ1) is 9.09. The Morgan fingerprint density at radius 1 is 1.05 bits per heavy atom. The second kappa shape index (κ2) is 4.85. The summed E-state index contributed by atoms with van der Waals surface area (Å²) in [6.07, 6.45) is 5.56. The van der Waals surface area contributed by atoms with Crippen LogP contribution in [0, 0.1) is 22.2 Å². The van der Waals surface area contributed by atoms with E-state index in [9.17, 15) is 9.59 Å². The monoisotopic (exact) mass is 279 g/mol. The Morgan fingerprint density at radius 2 is 1.60 bits per heavy atom. The molecule has 0 bridgehead atoms. The lowest BCUT2D eigenvalue weighted by molar-refractivity contribution is -0.152.